The quantitative estimate of drug-likeness (QED) is 0.850. The summed E-state index contributed by atoms with van der Waals surface area (Å²) in [4.78, 5) is 12.5. The topological polar surface area (TPSA) is 70.9 Å². The number of rotatable bonds is 6. The Balaban J connectivity index is 1.87. The van der Waals surface area contributed by atoms with E-state index in [1.165, 1.54) is 0 Å². The molecule has 0 radical (unpaired) electrons. The Bertz CT molecular complexity index is 492. The van der Waals surface area contributed by atoms with Crippen LogP contribution in [-0.2, 0) is 6.42 Å². The molecule has 0 fully saturated rings. The van der Waals surface area contributed by atoms with Crippen LogP contribution in [0.3, 0.4) is 0 Å². The highest BCUT2D eigenvalue weighted by atomic mass is 79.9. The van der Waals surface area contributed by atoms with Crippen LogP contribution < -0.4 is 5.32 Å². The van der Waals surface area contributed by atoms with Gasteiger partial charge in [-0.1, -0.05) is 6.07 Å². The fraction of sp³-hybridized carbons (Fsp3) is 0.308. The van der Waals surface area contributed by atoms with Crippen LogP contribution in [0.25, 0.3) is 0 Å². The number of aromatic nitrogens is 3. The molecule has 2 heterocycles. The Morgan fingerprint density at radius 2 is 2.00 bits per heavy atom. The number of nitrogens with zero attached hydrogens (tertiary/aromatic N) is 3. The Hall–Kier alpha value is -1.53. The van der Waals surface area contributed by atoms with Gasteiger partial charge in [0.2, 0.25) is 5.95 Å². The highest BCUT2D eigenvalue weighted by Crippen LogP contribution is 2.09. The summed E-state index contributed by atoms with van der Waals surface area (Å²) < 4.78 is 0.838. The largest absolute Gasteiger partial charge is 0.396 e. The molecule has 100 valence electrons. The van der Waals surface area contributed by atoms with Gasteiger partial charge in [-0.25, -0.2) is 9.97 Å². The molecule has 2 aromatic rings. The van der Waals surface area contributed by atoms with E-state index in [0.29, 0.717) is 12.5 Å². The van der Waals surface area contributed by atoms with Gasteiger partial charge in [-0.15, -0.1) is 0 Å². The van der Waals surface area contributed by atoms with Crippen molar-refractivity contribution in [3.63, 3.8) is 0 Å². The van der Waals surface area contributed by atoms with Gasteiger partial charge >= 0.3 is 0 Å². The molecule has 0 aromatic carbocycles. The van der Waals surface area contributed by atoms with Gasteiger partial charge in [0.25, 0.3) is 0 Å². The summed E-state index contributed by atoms with van der Waals surface area (Å²) in [6.07, 6.45) is 5.85. The van der Waals surface area contributed by atoms with E-state index in [0.717, 1.165) is 16.6 Å². The summed E-state index contributed by atoms with van der Waals surface area (Å²) in [5.41, 5.74) is 0.972. The Kier molecular flexibility index (Phi) is 5.23. The molecule has 2 rings (SSSR count). The number of aliphatic hydroxyl groups excluding tert-OH is 1. The first-order valence-electron chi connectivity index (χ1n) is 6.00. The predicted octanol–water partition coefficient (Wildman–Crippen LogP) is 1.90. The molecule has 0 saturated carbocycles. The third kappa shape index (κ3) is 4.57. The van der Waals surface area contributed by atoms with E-state index in [-0.39, 0.29) is 12.5 Å². The molecule has 0 unspecified atom stereocenters. The number of anilines is 1. The third-order valence-corrected chi connectivity index (χ3v) is 3.06. The molecule has 0 spiro atoms. The molecule has 0 aliphatic carbocycles. The Morgan fingerprint density at radius 1 is 1.21 bits per heavy atom. The Morgan fingerprint density at radius 3 is 2.63 bits per heavy atom. The van der Waals surface area contributed by atoms with E-state index in [9.17, 15) is 5.11 Å². The lowest BCUT2D eigenvalue weighted by atomic mass is 10.0. The summed E-state index contributed by atoms with van der Waals surface area (Å²) in [6.45, 7) is 0.703. The van der Waals surface area contributed by atoms with E-state index in [1.54, 1.807) is 18.6 Å². The highest BCUT2D eigenvalue weighted by molar-refractivity contribution is 9.10. The maximum atomic E-state index is 9.39. The lowest BCUT2D eigenvalue weighted by Gasteiger charge is -2.14. The zero-order valence-electron chi connectivity index (χ0n) is 10.3. The van der Waals surface area contributed by atoms with Gasteiger partial charge in [-0.2, -0.15) is 0 Å². The van der Waals surface area contributed by atoms with Crippen LogP contribution in [0.2, 0.25) is 0 Å². The molecule has 5 nitrogen and oxygen atoms in total. The molecule has 0 amide bonds. The number of aliphatic hydroxyl groups is 1. The second-order valence-electron chi connectivity index (χ2n) is 4.18. The normalized spacial score (nSPS) is 12.1. The van der Waals surface area contributed by atoms with Crippen LogP contribution >= 0.6 is 15.9 Å². The van der Waals surface area contributed by atoms with Crippen LogP contribution in [0, 0.1) is 5.92 Å². The van der Waals surface area contributed by atoms with Crippen LogP contribution in [0.5, 0.6) is 0 Å². The van der Waals surface area contributed by atoms with Crippen molar-refractivity contribution in [2.24, 2.45) is 5.92 Å². The van der Waals surface area contributed by atoms with Crippen molar-refractivity contribution >= 4 is 21.9 Å². The van der Waals surface area contributed by atoms with Crippen molar-refractivity contribution in [1.29, 1.82) is 0 Å². The maximum Gasteiger partial charge on any atom is 0.222 e. The molecule has 6 heteroatoms. The number of nitrogens with one attached hydrogen (secondary N) is 1. The van der Waals surface area contributed by atoms with E-state index >= 15 is 0 Å². The predicted molar refractivity (Wildman–Crippen MR) is 76.7 cm³/mol. The number of halogens is 1. The number of pyridine rings is 1. The van der Waals surface area contributed by atoms with Gasteiger partial charge in [-0.05, 0) is 34.5 Å². The molecule has 1 atom stereocenters. The van der Waals surface area contributed by atoms with Crippen molar-refractivity contribution < 1.29 is 5.11 Å². The summed E-state index contributed by atoms with van der Waals surface area (Å²) in [6, 6.07) is 5.78. The minimum atomic E-state index is 0.0853. The fourth-order valence-corrected chi connectivity index (χ4v) is 1.86. The lowest BCUT2D eigenvalue weighted by Crippen LogP contribution is -2.21. The molecule has 2 aromatic heterocycles. The number of hydrogen-bond donors (Lipinski definition) is 2. The van der Waals surface area contributed by atoms with E-state index in [2.05, 4.69) is 36.2 Å². The van der Waals surface area contributed by atoms with Crippen LogP contribution in [-0.4, -0.2) is 33.2 Å². The first-order valence-corrected chi connectivity index (χ1v) is 6.79. The first kappa shape index (κ1) is 13.9. The zero-order chi connectivity index (χ0) is 13.5. The second-order valence-corrected chi connectivity index (χ2v) is 5.10. The minimum Gasteiger partial charge on any atom is -0.396 e. The first-order chi connectivity index (χ1) is 9.28. The number of hydrogen-bond acceptors (Lipinski definition) is 5. The van der Waals surface area contributed by atoms with Gasteiger partial charge < -0.3 is 10.4 Å². The Labute approximate surface area is 120 Å². The summed E-state index contributed by atoms with van der Waals surface area (Å²) >= 11 is 3.28. The SMILES string of the molecule is OC[C@H](CNc1ncc(Br)cn1)Cc1ccccn1. The van der Waals surface area contributed by atoms with Gasteiger partial charge in [0, 0.05) is 43.4 Å². The van der Waals surface area contributed by atoms with Gasteiger partial charge in [-0.3, -0.25) is 4.98 Å². The summed E-state index contributed by atoms with van der Waals surface area (Å²) in [5.74, 6) is 0.643. The van der Waals surface area contributed by atoms with Crippen molar-refractivity contribution in [1.82, 2.24) is 15.0 Å². The van der Waals surface area contributed by atoms with Crippen LogP contribution in [0.15, 0.2) is 41.3 Å². The molecular formula is C13H15BrN4O. The fourth-order valence-electron chi connectivity index (χ4n) is 1.66. The monoisotopic (exact) mass is 322 g/mol. The van der Waals surface area contributed by atoms with Gasteiger partial charge in [0.15, 0.2) is 0 Å². The molecule has 19 heavy (non-hydrogen) atoms. The zero-order valence-corrected chi connectivity index (χ0v) is 11.9. The molecule has 0 saturated heterocycles. The van der Waals surface area contributed by atoms with E-state index < -0.39 is 0 Å². The molecule has 2 N–H and O–H groups in total. The van der Waals surface area contributed by atoms with Crippen molar-refractivity contribution in [3.05, 3.63) is 47.0 Å². The van der Waals surface area contributed by atoms with Crippen molar-refractivity contribution in [2.75, 3.05) is 18.5 Å². The standard InChI is InChI=1S/C13H15BrN4O/c14-11-7-17-13(18-8-11)16-6-10(9-19)5-12-3-1-2-4-15-12/h1-4,7-8,10,19H,5-6,9H2,(H,16,17,18)/t10-/m0/s1. The smallest absolute Gasteiger partial charge is 0.222 e. The molecule has 0 bridgehead atoms. The lowest BCUT2D eigenvalue weighted by molar-refractivity contribution is 0.231. The second kappa shape index (κ2) is 7.16. The third-order valence-electron chi connectivity index (χ3n) is 2.65. The van der Waals surface area contributed by atoms with Crippen molar-refractivity contribution in [2.45, 2.75) is 6.42 Å². The molecular weight excluding hydrogens is 308 g/mol. The van der Waals surface area contributed by atoms with Crippen LogP contribution in [0.1, 0.15) is 5.69 Å². The van der Waals surface area contributed by atoms with E-state index in [4.69, 9.17) is 0 Å². The average molecular weight is 323 g/mol. The minimum absolute atomic E-state index is 0.0853. The summed E-state index contributed by atoms with van der Waals surface area (Å²) in [5, 5.41) is 12.5. The summed E-state index contributed by atoms with van der Waals surface area (Å²) in [7, 11) is 0. The average Bonchev–Trinajstić information content (AvgIpc) is 2.46. The van der Waals surface area contributed by atoms with E-state index in [1.807, 2.05) is 18.2 Å². The van der Waals surface area contributed by atoms with Gasteiger partial charge in [0.1, 0.15) is 0 Å². The molecule has 0 aliphatic heterocycles. The maximum absolute atomic E-state index is 9.39. The van der Waals surface area contributed by atoms with Crippen molar-refractivity contribution in [3.8, 4) is 0 Å². The molecule has 0 aliphatic rings. The van der Waals surface area contributed by atoms with Crippen LogP contribution in [0.4, 0.5) is 5.95 Å². The highest BCUT2D eigenvalue weighted by Gasteiger charge is 2.09. The van der Waals surface area contributed by atoms with Gasteiger partial charge in [0.05, 0.1) is 4.47 Å².